The predicted octanol–water partition coefficient (Wildman–Crippen LogP) is 3.15. The second-order valence-corrected chi connectivity index (χ2v) is 7.10. The fraction of sp³-hybridized carbons (Fsp3) is 0.667. The van der Waals surface area contributed by atoms with Crippen molar-refractivity contribution >= 4 is 0 Å². The molecule has 1 heterocycles. The minimum Gasteiger partial charge on any atom is -0.327 e. The normalized spacial score (nSPS) is 24.3. The van der Waals surface area contributed by atoms with E-state index in [-0.39, 0.29) is 0 Å². The standard InChI is InChI=1S/C18H30N2/c1-13(2)10-20-11-17(9-18(19)12-20)8-16-6-5-14(3)15(4)7-16/h5-7,13,17-18H,8-12,19H2,1-4H3. The zero-order chi connectivity index (χ0) is 14.7. The Morgan fingerprint density at radius 2 is 1.95 bits per heavy atom. The van der Waals surface area contributed by atoms with Gasteiger partial charge in [0, 0.05) is 25.7 Å². The van der Waals surface area contributed by atoms with Gasteiger partial charge < -0.3 is 10.6 Å². The number of piperidine rings is 1. The fourth-order valence-corrected chi connectivity index (χ4v) is 3.43. The molecule has 112 valence electrons. The highest BCUT2D eigenvalue weighted by Crippen LogP contribution is 2.22. The van der Waals surface area contributed by atoms with Gasteiger partial charge in [-0.2, -0.15) is 0 Å². The lowest BCUT2D eigenvalue weighted by molar-refractivity contribution is 0.142. The third-order valence-electron chi connectivity index (χ3n) is 4.36. The van der Waals surface area contributed by atoms with Gasteiger partial charge in [-0.3, -0.25) is 0 Å². The maximum Gasteiger partial charge on any atom is 0.0171 e. The molecule has 2 N–H and O–H groups in total. The quantitative estimate of drug-likeness (QED) is 0.914. The minimum absolute atomic E-state index is 0.346. The number of benzene rings is 1. The molecule has 20 heavy (non-hydrogen) atoms. The first-order valence-corrected chi connectivity index (χ1v) is 7.98. The highest BCUT2D eigenvalue weighted by molar-refractivity contribution is 5.30. The average Bonchev–Trinajstić information content (AvgIpc) is 2.32. The summed E-state index contributed by atoms with van der Waals surface area (Å²) in [6.07, 6.45) is 2.34. The van der Waals surface area contributed by atoms with E-state index in [0.29, 0.717) is 12.0 Å². The van der Waals surface area contributed by atoms with Gasteiger partial charge in [-0.05, 0) is 55.2 Å². The number of likely N-dealkylation sites (tertiary alicyclic amines) is 1. The summed E-state index contributed by atoms with van der Waals surface area (Å²) in [5.41, 5.74) is 10.5. The van der Waals surface area contributed by atoms with Crippen molar-refractivity contribution in [3.05, 3.63) is 34.9 Å². The van der Waals surface area contributed by atoms with Gasteiger partial charge in [0.05, 0.1) is 0 Å². The van der Waals surface area contributed by atoms with Crippen LogP contribution in [-0.2, 0) is 6.42 Å². The van der Waals surface area contributed by atoms with Crippen LogP contribution in [0.15, 0.2) is 18.2 Å². The van der Waals surface area contributed by atoms with Crippen LogP contribution < -0.4 is 5.73 Å². The molecule has 0 aliphatic carbocycles. The van der Waals surface area contributed by atoms with Crippen LogP contribution in [0.4, 0.5) is 0 Å². The molecule has 1 saturated heterocycles. The maximum absolute atomic E-state index is 6.26. The Morgan fingerprint density at radius 3 is 2.60 bits per heavy atom. The molecule has 1 fully saturated rings. The van der Waals surface area contributed by atoms with Crippen molar-refractivity contribution < 1.29 is 0 Å². The molecule has 0 radical (unpaired) electrons. The lowest BCUT2D eigenvalue weighted by Crippen LogP contribution is -2.48. The van der Waals surface area contributed by atoms with Gasteiger partial charge in [0.15, 0.2) is 0 Å². The SMILES string of the molecule is Cc1ccc(CC2CC(N)CN(CC(C)C)C2)cc1C. The molecular weight excluding hydrogens is 244 g/mol. The topological polar surface area (TPSA) is 29.3 Å². The van der Waals surface area contributed by atoms with Crippen molar-refractivity contribution in [2.75, 3.05) is 19.6 Å². The highest BCUT2D eigenvalue weighted by atomic mass is 15.1. The molecule has 0 saturated carbocycles. The van der Waals surface area contributed by atoms with Crippen LogP contribution in [0.25, 0.3) is 0 Å². The lowest BCUT2D eigenvalue weighted by Gasteiger charge is -2.37. The molecule has 2 nitrogen and oxygen atoms in total. The lowest BCUT2D eigenvalue weighted by atomic mass is 9.88. The zero-order valence-corrected chi connectivity index (χ0v) is 13.5. The summed E-state index contributed by atoms with van der Waals surface area (Å²) in [6, 6.07) is 7.23. The summed E-state index contributed by atoms with van der Waals surface area (Å²) in [6.45, 7) is 12.4. The maximum atomic E-state index is 6.26. The highest BCUT2D eigenvalue weighted by Gasteiger charge is 2.25. The Labute approximate surface area is 124 Å². The third kappa shape index (κ3) is 4.32. The van der Waals surface area contributed by atoms with E-state index in [1.54, 1.807) is 0 Å². The van der Waals surface area contributed by atoms with E-state index in [4.69, 9.17) is 5.73 Å². The van der Waals surface area contributed by atoms with Gasteiger partial charge >= 0.3 is 0 Å². The molecule has 0 aromatic heterocycles. The molecule has 2 rings (SSSR count). The van der Waals surface area contributed by atoms with Crippen LogP contribution in [0.2, 0.25) is 0 Å². The summed E-state index contributed by atoms with van der Waals surface area (Å²) in [7, 11) is 0. The van der Waals surface area contributed by atoms with Crippen LogP contribution >= 0.6 is 0 Å². The van der Waals surface area contributed by atoms with E-state index in [1.165, 1.54) is 42.6 Å². The number of hydrogen-bond acceptors (Lipinski definition) is 2. The summed E-state index contributed by atoms with van der Waals surface area (Å²) in [4.78, 5) is 2.56. The Kier molecular flexibility index (Phi) is 5.22. The minimum atomic E-state index is 0.346. The first kappa shape index (κ1) is 15.5. The molecule has 0 bridgehead atoms. The molecule has 1 aliphatic rings. The Morgan fingerprint density at radius 1 is 1.20 bits per heavy atom. The molecule has 2 atom stereocenters. The first-order valence-electron chi connectivity index (χ1n) is 7.98. The zero-order valence-electron chi connectivity index (χ0n) is 13.5. The van der Waals surface area contributed by atoms with Crippen molar-refractivity contribution in [1.82, 2.24) is 4.90 Å². The number of aryl methyl sites for hydroxylation is 2. The fourth-order valence-electron chi connectivity index (χ4n) is 3.43. The Balaban J connectivity index is 1.98. The van der Waals surface area contributed by atoms with Crippen molar-refractivity contribution in [1.29, 1.82) is 0 Å². The second kappa shape index (κ2) is 6.73. The van der Waals surface area contributed by atoms with Crippen molar-refractivity contribution in [3.8, 4) is 0 Å². The molecular formula is C18H30N2. The first-order chi connectivity index (χ1) is 9.44. The number of rotatable bonds is 4. The van der Waals surface area contributed by atoms with E-state index < -0.39 is 0 Å². The van der Waals surface area contributed by atoms with Crippen LogP contribution in [0.3, 0.4) is 0 Å². The Hall–Kier alpha value is -0.860. The molecule has 1 aromatic carbocycles. The largest absolute Gasteiger partial charge is 0.327 e. The predicted molar refractivity (Wildman–Crippen MR) is 87.0 cm³/mol. The number of nitrogens with two attached hydrogens (primary N) is 1. The molecule has 1 aliphatic heterocycles. The van der Waals surface area contributed by atoms with Gasteiger partial charge in [0.1, 0.15) is 0 Å². The van der Waals surface area contributed by atoms with Crippen LogP contribution in [0.5, 0.6) is 0 Å². The second-order valence-electron chi connectivity index (χ2n) is 7.10. The van der Waals surface area contributed by atoms with Crippen molar-refractivity contribution in [2.45, 2.75) is 46.6 Å². The summed E-state index contributed by atoms with van der Waals surface area (Å²) in [5, 5.41) is 0. The summed E-state index contributed by atoms with van der Waals surface area (Å²) in [5.74, 6) is 1.43. The van der Waals surface area contributed by atoms with Gasteiger partial charge in [-0.1, -0.05) is 32.0 Å². The van der Waals surface area contributed by atoms with E-state index in [2.05, 4.69) is 50.8 Å². The number of nitrogens with zero attached hydrogens (tertiary/aromatic N) is 1. The van der Waals surface area contributed by atoms with Crippen molar-refractivity contribution in [3.63, 3.8) is 0 Å². The van der Waals surface area contributed by atoms with Gasteiger partial charge in [-0.25, -0.2) is 0 Å². The van der Waals surface area contributed by atoms with Gasteiger partial charge in [0.25, 0.3) is 0 Å². The van der Waals surface area contributed by atoms with Crippen LogP contribution in [-0.4, -0.2) is 30.6 Å². The summed E-state index contributed by atoms with van der Waals surface area (Å²) >= 11 is 0. The van der Waals surface area contributed by atoms with E-state index in [0.717, 1.165) is 12.5 Å². The Bertz CT molecular complexity index is 437. The van der Waals surface area contributed by atoms with E-state index in [9.17, 15) is 0 Å². The van der Waals surface area contributed by atoms with Crippen LogP contribution in [0, 0.1) is 25.7 Å². The van der Waals surface area contributed by atoms with E-state index in [1.807, 2.05) is 0 Å². The molecule has 2 heteroatoms. The molecule has 1 aromatic rings. The van der Waals surface area contributed by atoms with Gasteiger partial charge in [-0.15, -0.1) is 0 Å². The van der Waals surface area contributed by atoms with Gasteiger partial charge in [0.2, 0.25) is 0 Å². The van der Waals surface area contributed by atoms with E-state index >= 15 is 0 Å². The number of hydrogen-bond donors (Lipinski definition) is 1. The summed E-state index contributed by atoms with van der Waals surface area (Å²) < 4.78 is 0. The molecule has 2 unspecified atom stereocenters. The smallest absolute Gasteiger partial charge is 0.0171 e. The average molecular weight is 274 g/mol. The molecule has 0 amide bonds. The van der Waals surface area contributed by atoms with Crippen LogP contribution in [0.1, 0.15) is 37.0 Å². The molecule has 0 spiro atoms. The monoisotopic (exact) mass is 274 g/mol. The van der Waals surface area contributed by atoms with Crippen molar-refractivity contribution in [2.24, 2.45) is 17.6 Å². The third-order valence-corrected chi connectivity index (χ3v) is 4.36.